The second-order valence-electron chi connectivity index (χ2n) is 7.90. The number of anilines is 1. The quantitative estimate of drug-likeness (QED) is 0.502. The molecular weight excluding hydrogens is 422 g/mol. The lowest BCUT2D eigenvalue weighted by atomic mass is 10.0. The number of aromatic nitrogens is 5. The predicted octanol–water partition coefficient (Wildman–Crippen LogP) is 3.92. The Morgan fingerprint density at radius 3 is 2.82 bits per heavy atom. The van der Waals surface area contributed by atoms with Crippen LogP contribution >= 0.6 is 0 Å². The summed E-state index contributed by atoms with van der Waals surface area (Å²) >= 11 is 0. The van der Waals surface area contributed by atoms with E-state index in [2.05, 4.69) is 26.3 Å². The first-order valence-corrected chi connectivity index (χ1v) is 10.6. The molecule has 1 saturated heterocycles. The summed E-state index contributed by atoms with van der Waals surface area (Å²) in [4.78, 5) is 25.5. The fourth-order valence-corrected chi connectivity index (χ4v) is 3.97. The van der Waals surface area contributed by atoms with Crippen molar-refractivity contribution in [3.8, 4) is 17.5 Å². The number of hydrogen-bond acceptors (Lipinski definition) is 8. The average molecular weight is 443 g/mol. The van der Waals surface area contributed by atoms with Crippen molar-refractivity contribution in [2.45, 2.75) is 39.3 Å². The smallest absolute Gasteiger partial charge is 0.275 e. The molecule has 5 heterocycles. The van der Waals surface area contributed by atoms with Crippen molar-refractivity contribution in [1.82, 2.24) is 24.7 Å². The minimum atomic E-state index is -0.406. The van der Waals surface area contributed by atoms with Crippen LogP contribution in [0.25, 0.3) is 22.4 Å². The Bertz CT molecular complexity index is 1380. The van der Waals surface area contributed by atoms with Gasteiger partial charge in [-0.1, -0.05) is 0 Å². The van der Waals surface area contributed by atoms with E-state index >= 15 is 0 Å². The molecule has 1 atom stereocenters. The van der Waals surface area contributed by atoms with E-state index in [0.29, 0.717) is 35.0 Å². The first-order valence-electron chi connectivity index (χ1n) is 10.6. The van der Waals surface area contributed by atoms with Gasteiger partial charge in [-0.3, -0.25) is 4.79 Å². The van der Waals surface area contributed by atoms with Gasteiger partial charge in [0.2, 0.25) is 0 Å². The fourth-order valence-electron chi connectivity index (χ4n) is 3.97. The van der Waals surface area contributed by atoms with Crippen LogP contribution in [0.3, 0.4) is 0 Å². The number of nitrogens with one attached hydrogen (secondary N) is 1. The highest BCUT2D eigenvalue weighted by Crippen LogP contribution is 2.33. The Hall–Kier alpha value is -4.10. The van der Waals surface area contributed by atoms with Crippen LogP contribution in [0.4, 0.5) is 5.82 Å². The van der Waals surface area contributed by atoms with E-state index in [1.54, 1.807) is 32.3 Å². The van der Waals surface area contributed by atoms with Crippen molar-refractivity contribution in [3.05, 3.63) is 53.4 Å². The Kier molecular flexibility index (Phi) is 5.32. The van der Waals surface area contributed by atoms with Crippen molar-refractivity contribution in [2.75, 3.05) is 11.9 Å². The molecule has 166 valence electrons. The van der Waals surface area contributed by atoms with E-state index in [4.69, 9.17) is 14.3 Å². The number of nitriles is 1. The molecule has 1 amide bonds. The number of fused-ring (bicyclic) bond motifs is 1. The number of amides is 1. The van der Waals surface area contributed by atoms with E-state index in [1.807, 2.05) is 4.68 Å². The molecule has 10 heteroatoms. The average Bonchev–Trinajstić information content (AvgIpc) is 3.49. The van der Waals surface area contributed by atoms with Crippen LogP contribution in [0.5, 0.6) is 0 Å². The van der Waals surface area contributed by atoms with Crippen molar-refractivity contribution in [2.24, 2.45) is 0 Å². The van der Waals surface area contributed by atoms with Crippen LogP contribution in [0, 0.1) is 25.2 Å². The summed E-state index contributed by atoms with van der Waals surface area (Å²) in [5.41, 5.74) is 3.43. The highest BCUT2D eigenvalue weighted by molar-refractivity contribution is 6.05. The molecule has 0 saturated carbocycles. The van der Waals surface area contributed by atoms with Gasteiger partial charge in [0.25, 0.3) is 5.91 Å². The molecule has 5 rings (SSSR count). The van der Waals surface area contributed by atoms with Gasteiger partial charge >= 0.3 is 0 Å². The topological polar surface area (TPSA) is 132 Å². The molecule has 0 spiro atoms. The van der Waals surface area contributed by atoms with E-state index in [1.165, 1.54) is 12.6 Å². The van der Waals surface area contributed by atoms with Crippen LogP contribution in [0.2, 0.25) is 0 Å². The normalized spacial score (nSPS) is 16.0. The summed E-state index contributed by atoms with van der Waals surface area (Å²) in [6.07, 6.45) is 8.78. The SMILES string of the molecule is Cc1c(C#N)cnc(C(=O)Nc2cc3c(-c4cnco4)nn(C4CCCCO4)c3cn2)c1C. The van der Waals surface area contributed by atoms with Gasteiger partial charge in [-0.05, 0) is 50.3 Å². The van der Waals surface area contributed by atoms with Gasteiger partial charge in [-0.2, -0.15) is 10.4 Å². The van der Waals surface area contributed by atoms with Crippen molar-refractivity contribution < 1.29 is 13.9 Å². The zero-order valence-electron chi connectivity index (χ0n) is 18.2. The Morgan fingerprint density at radius 1 is 1.21 bits per heavy atom. The molecular formula is C23H21N7O3. The van der Waals surface area contributed by atoms with Crippen LogP contribution in [-0.4, -0.2) is 37.2 Å². The first-order chi connectivity index (χ1) is 16.1. The van der Waals surface area contributed by atoms with Gasteiger partial charge in [0.15, 0.2) is 18.4 Å². The second-order valence-corrected chi connectivity index (χ2v) is 7.90. The number of rotatable bonds is 4. The maximum atomic E-state index is 12.9. The van der Waals surface area contributed by atoms with E-state index in [9.17, 15) is 10.1 Å². The summed E-state index contributed by atoms with van der Waals surface area (Å²) in [6, 6.07) is 3.83. The number of oxazole rings is 1. The molecule has 0 bridgehead atoms. The molecule has 4 aromatic heterocycles. The number of carbonyl (C=O) groups is 1. The van der Waals surface area contributed by atoms with E-state index < -0.39 is 5.91 Å². The van der Waals surface area contributed by atoms with Gasteiger partial charge in [0, 0.05) is 18.2 Å². The highest BCUT2D eigenvalue weighted by atomic mass is 16.5. The van der Waals surface area contributed by atoms with Gasteiger partial charge < -0.3 is 14.5 Å². The molecule has 0 aromatic carbocycles. The Balaban J connectivity index is 1.53. The molecule has 1 aliphatic rings. The van der Waals surface area contributed by atoms with Crippen molar-refractivity contribution >= 4 is 22.6 Å². The lowest BCUT2D eigenvalue weighted by Gasteiger charge is -2.23. The minimum Gasteiger partial charge on any atom is -0.442 e. The number of pyridine rings is 2. The zero-order valence-corrected chi connectivity index (χ0v) is 18.2. The maximum absolute atomic E-state index is 12.9. The summed E-state index contributed by atoms with van der Waals surface area (Å²) in [5, 5.41) is 17.5. The summed E-state index contributed by atoms with van der Waals surface area (Å²) in [6.45, 7) is 4.24. The molecule has 1 aliphatic heterocycles. The van der Waals surface area contributed by atoms with Crippen molar-refractivity contribution in [1.29, 1.82) is 5.26 Å². The molecule has 1 fully saturated rings. The minimum absolute atomic E-state index is 0.186. The molecule has 0 radical (unpaired) electrons. The maximum Gasteiger partial charge on any atom is 0.275 e. The van der Waals surface area contributed by atoms with Gasteiger partial charge in [-0.25, -0.2) is 19.6 Å². The predicted molar refractivity (Wildman–Crippen MR) is 118 cm³/mol. The molecule has 33 heavy (non-hydrogen) atoms. The molecule has 0 aliphatic carbocycles. The van der Waals surface area contributed by atoms with Gasteiger partial charge in [0.1, 0.15) is 23.3 Å². The van der Waals surface area contributed by atoms with E-state index in [0.717, 1.165) is 35.7 Å². The largest absolute Gasteiger partial charge is 0.442 e. The standard InChI is InChI=1S/C23H21N7O3/c1-13-14(2)21(27-9-15(13)8-24)23(31)28-19-7-16-17(10-26-19)30(20-5-3-4-6-32-20)29-22(16)18-11-25-12-33-18/h7,9-12,20H,3-6H2,1-2H3,(H,26,28,31). The van der Waals surface area contributed by atoms with Crippen molar-refractivity contribution in [3.63, 3.8) is 0 Å². The third-order valence-corrected chi connectivity index (χ3v) is 5.91. The molecule has 4 aromatic rings. The molecule has 1 N–H and O–H groups in total. The van der Waals surface area contributed by atoms with E-state index in [-0.39, 0.29) is 11.9 Å². The lowest BCUT2D eigenvalue weighted by Crippen LogP contribution is -2.19. The van der Waals surface area contributed by atoms with Crippen LogP contribution in [0.1, 0.15) is 52.7 Å². The number of hydrogen-bond donors (Lipinski definition) is 1. The monoisotopic (exact) mass is 443 g/mol. The Labute approximate surface area is 189 Å². The summed E-state index contributed by atoms with van der Waals surface area (Å²) < 4.78 is 13.2. The van der Waals surface area contributed by atoms with Gasteiger partial charge in [-0.15, -0.1) is 0 Å². The fraction of sp³-hybridized carbons (Fsp3) is 0.304. The Morgan fingerprint density at radius 2 is 2.09 bits per heavy atom. The number of ether oxygens (including phenoxy) is 1. The number of carbonyl (C=O) groups excluding carboxylic acids is 1. The summed E-state index contributed by atoms with van der Waals surface area (Å²) in [7, 11) is 0. The number of nitrogens with zero attached hydrogens (tertiary/aromatic N) is 6. The third kappa shape index (κ3) is 3.72. The first kappa shape index (κ1) is 20.8. The molecule has 1 unspecified atom stereocenters. The van der Waals surface area contributed by atoms with Crippen LogP contribution in [0.15, 0.2) is 35.5 Å². The lowest BCUT2D eigenvalue weighted by molar-refractivity contribution is -0.0365. The van der Waals surface area contributed by atoms with Crippen LogP contribution < -0.4 is 5.32 Å². The molecule has 10 nitrogen and oxygen atoms in total. The van der Waals surface area contributed by atoms with Crippen LogP contribution in [-0.2, 0) is 4.74 Å². The summed E-state index contributed by atoms with van der Waals surface area (Å²) in [5.74, 6) is 0.454. The van der Waals surface area contributed by atoms with Gasteiger partial charge in [0.05, 0.1) is 23.5 Å². The highest BCUT2D eigenvalue weighted by Gasteiger charge is 2.24. The zero-order chi connectivity index (χ0) is 22.9. The third-order valence-electron chi connectivity index (χ3n) is 5.91. The second kappa shape index (κ2) is 8.44.